The summed E-state index contributed by atoms with van der Waals surface area (Å²) in [5, 5.41) is 6.56. The molecule has 2 aromatic rings. The number of hydrogen-bond acceptors (Lipinski definition) is 3. The highest BCUT2D eigenvalue weighted by Crippen LogP contribution is 2.39. The molecule has 1 aromatic heterocycles. The highest BCUT2D eigenvalue weighted by Gasteiger charge is 2.18. The Balaban J connectivity index is 1.72. The molecule has 1 aromatic carbocycles. The minimum absolute atomic E-state index is 0.277. The molecule has 0 bridgehead atoms. The zero-order chi connectivity index (χ0) is 14.7. The van der Waals surface area contributed by atoms with Gasteiger partial charge in [0.25, 0.3) is 0 Å². The lowest BCUT2D eigenvalue weighted by Crippen LogP contribution is -2.07. The number of benzene rings is 1. The van der Waals surface area contributed by atoms with Gasteiger partial charge in [0.05, 0.1) is 4.34 Å². The molecule has 1 nitrogen and oxygen atoms in total. The zero-order valence-corrected chi connectivity index (χ0v) is 14.5. The van der Waals surface area contributed by atoms with E-state index in [0.29, 0.717) is 0 Å². The number of rotatable bonds is 5. The van der Waals surface area contributed by atoms with Crippen LogP contribution in [0.3, 0.4) is 0 Å². The van der Waals surface area contributed by atoms with Crippen LogP contribution in [0.25, 0.3) is 0 Å². The van der Waals surface area contributed by atoms with E-state index in [4.69, 9.17) is 11.6 Å². The lowest BCUT2D eigenvalue weighted by Gasteiger charge is -2.18. The maximum atomic E-state index is 6.04. The molecule has 1 N–H and O–H groups in total. The average Bonchev–Trinajstić information content (AvgIpc) is 3.12. The summed E-state index contributed by atoms with van der Waals surface area (Å²) in [7, 11) is 0. The lowest BCUT2D eigenvalue weighted by atomic mass is 10.1. The summed E-state index contributed by atoms with van der Waals surface area (Å²) in [6.07, 6.45) is 5.48. The minimum atomic E-state index is 0.277. The number of nitrogens with one attached hydrogen (secondary N) is 1. The van der Waals surface area contributed by atoms with Crippen molar-refractivity contribution in [2.45, 2.75) is 48.8 Å². The summed E-state index contributed by atoms with van der Waals surface area (Å²) in [4.78, 5) is 1.37. The maximum absolute atomic E-state index is 6.04. The van der Waals surface area contributed by atoms with Crippen LogP contribution < -0.4 is 5.32 Å². The number of anilines is 1. The van der Waals surface area contributed by atoms with Crippen molar-refractivity contribution in [3.63, 3.8) is 0 Å². The fraction of sp³-hybridized carbons (Fsp3) is 0.412. The summed E-state index contributed by atoms with van der Waals surface area (Å²) < 4.78 is 0.854. The second-order valence-corrected chi connectivity index (χ2v) is 8.46. The van der Waals surface area contributed by atoms with Crippen molar-refractivity contribution in [2.24, 2.45) is 0 Å². The van der Waals surface area contributed by atoms with Gasteiger partial charge in [0.2, 0.25) is 0 Å². The van der Waals surface area contributed by atoms with E-state index >= 15 is 0 Å². The average molecular weight is 338 g/mol. The summed E-state index contributed by atoms with van der Waals surface area (Å²) in [6.45, 7) is 2.19. The monoisotopic (exact) mass is 337 g/mol. The zero-order valence-electron chi connectivity index (χ0n) is 12.1. The van der Waals surface area contributed by atoms with E-state index in [2.05, 4.69) is 48.0 Å². The molecular weight excluding hydrogens is 318 g/mol. The third-order valence-electron chi connectivity index (χ3n) is 3.94. The van der Waals surface area contributed by atoms with Gasteiger partial charge in [-0.1, -0.05) is 36.6 Å². The number of para-hydroxylation sites is 1. The fourth-order valence-electron chi connectivity index (χ4n) is 2.74. The maximum Gasteiger partial charge on any atom is 0.0931 e. The fourth-order valence-corrected chi connectivity index (χ4v) is 5.07. The van der Waals surface area contributed by atoms with Crippen LogP contribution in [-0.4, -0.2) is 5.25 Å². The van der Waals surface area contributed by atoms with Crippen molar-refractivity contribution in [1.82, 2.24) is 0 Å². The molecule has 1 unspecified atom stereocenters. The molecule has 1 aliphatic rings. The van der Waals surface area contributed by atoms with Gasteiger partial charge in [-0.25, -0.2) is 0 Å². The van der Waals surface area contributed by atoms with E-state index in [1.165, 1.54) is 41.8 Å². The van der Waals surface area contributed by atoms with Crippen molar-refractivity contribution in [1.29, 1.82) is 0 Å². The molecule has 1 heterocycles. The predicted molar refractivity (Wildman–Crippen MR) is 95.9 cm³/mol. The minimum Gasteiger partial charge on any atom is -0.378 e. The van der Waals surface area contributed by atoms with Gasteiger partial charge in [-0.3, -0.25) is 0 Å². The standard InChI is InChI=1S/C17H20ClNS2/c1-12(13-10-17(18)20-11-13)19-15-8-4-5-9-16(15)21-14-6-2-3-7-14/h4-5,8-12,14,19H,2-3,6-7H2,1H3. The first-order chi connectivity index (χ1) is 10.2. The van der Waals surface area contributed by atoms with Crippen LogP contribution in [0.15, 0.2) is 40.6 Å². The quantitative estimate of drug-likeness (QED) is 0.658. The molecule has 0 aliphatic heterocycles. The smallest absolute Gasteiger partial charge is 0.0931 e. The van der Waals surface area contributed by atoms with Crippen LogP contribution in [0.5, 0.6) is 0 Å². The molecule has 1 saturated carbocycles. The van der Waals surface area contributed by atoms with E-state index in [-0.39, 0.29) is 6.04 Å². The SMILES string of the molecule is CC(Nc1ccccc1SC1CCCC1)c1csc(Cl)c1. The van der Waals surface area contributed by atoms with E-state index in [9.17, 15) is 0 Å². The Labute approximate surface area is 140 Å². The largest absolute Gasteiger partial charge is 0.378 e. The molecule has 0 saturated heterocycles. The predicted octanol–water partition coefficient (Wildman–Crippen LogP) is 6.61. The Hall–Kier alpha value is -0.640. The number of halogens is 1. The van der Waals surface area contributed by atoms with E-state index < -0.39 is 0 Å². The van der Waals surface area contributed by atoms with E-state index in [1.54, 1.807) is 11.3 Å². The van der Waals surface area contributed by atoms with Crippen LogP contribution in [0.1, 0.15) is 44.2 Å². The normalized spacial score (nSPS) is 17.0. The van der Waals surface area contributed by atoms with Gasteiger partial charge in [0.1, 0.15) is 0 Å². The van der Waals surface area contributed by atoms with Gasteiger partial charge in [-0.05, 0) is 48.9 Å². The molecule has 1 fully saturated rings. The molecule has 0 amide bonds. The number of hydrogen-bond donors (Lipinski definition) is 1. The van der Waals surface area contributed by atoms with Crippen molar-refractivity contribution < 1.29 is 0 Å². The van der Waals surface area contributed by atoms with Gasteiger partial charge < -0.3 is 5.32 Å². The molecule has 112 valence electrons. The third kappa shape index (κ3) is 3.97. The second-order valence-electron chi connectivity index (χ2n) is 5.57. The van der Waals surface area contributed by atoms with Gasteiger partial charge in [-0.15, -0.1) is 23.1 Å². The number of thioether (sulfide) groups is 1. The molecule has 1 atom stereocenters. The Morgan fingerprint density at radius 2 is 2.05 bits per heavy atom. The van der Waals surface area contributed by atoms with Crippen LogP contribution in [0.4, 0.5) is 5.69 Å². The molecule has 1 aliphatic carbocycles. The topological polar surface area (TPSA) is 12.0 Å². The van der Waals surface area contributed by atoms with Crippen molar-refractivity contribution in [3.05, 3.63) is 45.6 Å². The first-order valence-electron chi connectivity index (χ1n) is 7.48. The van der Waals surface area contributed by atoms with Crippen LogP contribution >= 0.6 is 34.7 Å². The van der Waals surface area contributed by atoms with E-state index in [1.807, 2.05) is 11.8 Å². The summed E-state index contributed by atoms with van der Waals surface area (Å²) in [5.41, 5.74) is 2.50. The summed E-state index contributed by atoms with van der Waals surface area (Å²) in [5.74, 6) is 0. The van der Waals surface area contributed by atoms with Crippen LogP contribution in [0.2, 0.25) is 4.34 Å². The van der Waals surface area contributed by atoms with Gasteiger partial charge in [0, 0.05) is 21.9 Å². The van der Waals surface area contributed by atoms with Crippen molar-refractivity contribution >= 4 is 40.4 Å². The third-order valence-corrected chi connectivity index (χ3v) is 6.47. The van der Waals surface area contributed by atoms with Crippen LogP contribution in [0, 0.1) is 0 Å². The highest BCUT2D eigenvalue weighted by molar-refractivity contribution is 8.00. The molecule has 21 heavy (non-hydrogen) atoms. The Bertz CT molecular complexity index is 590. The van der Waals surface area contributed by atoms with Crippen LogP contribution in [-0.2, 0) is 0 Å². The second kappa shape index (κ2) is 7.08. The Morgan fingerprint density at radius 3 is 2.76 bits per heavy atom. The molecule has 3 rings (SSSR count). The number of thiophene rings is 1. The van der Waals surface area contributed by atoms with Gasteiger partial charge in [-0.2, -0.15) is 0 Å². The van der Waals surface area contributed by atoms with E-state index in [0.717, 1.165) is 9.59 Å². The first kappa shape index (κ1) is 15.3. The van der Waals surface area contributed by atoms with Crippen molar-refractivity contribution in [2.75, 3.05) is 5.32 Å². The first-order valence-corrected chi connectivity index (χ1v) is 9.62. The summed E-state index contributed by atoms with van der Waals surface area (Å²) >= 11 is 9.67. The molecular formula is C17H20ClNS2. The van der Waals surface area contributed by atoms with Gasteiger partial charge in [0.15, 0.2) is 0 Å². The van der Waals surface area contributed by atoms with Gasteiger partial charge >= 0.3 is 0 Å². The lowest BCUT2D eigenvalue weighted by molar-refractivity contribution is 0.881. The molecule has 0 spiro atoms. The van der Waals surface area contributed by atoms with Crippen molar-refractivity contribution in [3.8, 4) is 0 Å². The Morgan fingerprint density at radius 1 is 1.29 bits per heavy atom. The molecule has 0 radical (unpaired) electrons. The highest BCUT2D eigenvalue weighted by atomic mass is 35.5. The summed E-state index contributed by atoms with van der Waals surface area (Å²) in [6, 6.07) is 11.0. The molecule has 4 heteroatoms. The Kier molecular flexibility index (Phi) is 5.15.